The predicted octanol–water partition coefficient (Wildman–Crippen LogP) is 1.56. The minimum atomic E-state index is -0.447. The van der Waals surface area contributed by atoms with Crippen molar-refractivity contribution < 1.29 is 9.53 Å². The van der Waals surface area contributed by atoms with Crippen molar-refractivity contribution in [2.24, 2.45) is 16.6 Å². The largest absolute Gasteiger partial charge is 0.469 e. The molecule has 2 N–H and O–H groups in total. The van der Waals surface area contributed by atoms with E-state index in [9.17, 15) is 4.79 Å². The molecular formula is C10H21NO2. The fraction of sp³-hybridized carbons (Fsp3) is 0.900. The topological polar surface area (TPSA) is 52.3 Å². The van der Waals surface area contributed by atoms with Crippen molar-refractivity contribution in [3.05, 3.63) is 0 Å². The van der Waals surface area contributed by atoms with Gasteiger partial charge >= 0.3 is 5.97 Å². The maximum Gasteiger partial charge on any atom is 0.311 e. The number of methoxy groups -OCH3 is 1. The second-order valence-corrected chi connectivity index (χ2v) is 4.92. The SMILES string of the molecule is COC(=O)C(C)(C)CC(C)(C)CN. The second kappa shape index (κ2) is 4.09. The van der Waals surface area contributed by atoms with Crippen LogP contribution in [-0.4, -0.2) is 19.6 Å². The maximum absolute atomic E-state index is 11.4. The molecule has 0 aromatic rings. The second-order valence-electron chi connectivity index (χ2n) is 4.92. The molecule has 13 heavy (non-hydrogen) atoms. The van der Waals surface area contributed by atoms with Crippen molar-refractivity contribution in [2.45, 2.75) is 34.1 Å². The number of ether oxygens (including phenoxy) is 1. The zero-order chi connectivity index (χ0) is 10.7. The summed E-state index contributed by atoms with van der Waals surface area (Å²) in [5.41, 5.74) is 5.14. The molecule has 78 valence electrons. The van der Waals surface area contributed by atoms with Crippen molar-refractivity contribution in [1.82, 2.24) is 0 Å². The van der Waals surface area contributed by atoms with E-state index in [1.807, 2.05) is 13.8 Å². The first-order valence-corrected chi connectivity index (χ1v) is 4.54. The molecule has 3 heteroatoms. The van der Waals surface area contributed by atoms with E-state index in [0.29, 0.717) is 6.54 Å². The Kier molecular flexibility index (Phi) is 3.91. The minimum Gasteiger partial charge on any atom is -0.469 e. The van der Waals surface area contributed by atoms with Gasteiger partial charge < -0.3 is 10.5 Å². The molecule has 0 saturated carbocycles. The van der Waals surface area contributed by atoms with Gasteiger partial charge in [-0.25, -0.2) is 0 Å². The Hall–Kier alpha value is -0.570. The van der Waals surface area contributed by atoms with E-state index >= 15 is 0 Å². The molecule has 0 amide bonds. The highest BCUT2D eigenvalue weighted by atomic mass is 16.5. The summed E-state index contributed by atoms with van der Waals surface area (Å²) in [6.07, 6.45) is 0.739. The van der Waals surface area contributed by atoms with Crippen molar-refractivity contribution in [1.29, 1.82) is 0 Å². The van der Waals surface area contributed by atoms with E-state index in [2.05, 4.69) is 13.8 Å². The molecule has 0 radical (unpaired) electrons. The third-order valence-corrected chi connectivity index (χ3v) is 2.21. The number of hydrogen-bond donors (Lipinski definition) is 1. The van der Waals surface area contributed by atoms with E-state index in [0.717, 1.165) is 6.42 Å². The zero-order valence-electron chi connectivity index (χ0n) is 9.31. The fourth-order valence-corrected chi connectivity index (χ4v) is 1.62. The van der Waals surface area contributed by atoms with E-state index < -0.39 is 5.41 Å². The molecule has 3 nitrogen and oxygen atoms in total. The molecule has 0 aromatic heterocycles. The lowest BCUT2D eigenvalue weighted by atomic mass is 9.75. The third kappa shape index (κ3) is 3.77. The van der Waals surface area contributed by atoms with Gasteiger partial charge in [0.25, 0.3) is 0 Å². The van der Waals surface area contributed by atoms with Gasteiger partial charge in [-0.05, 0) is 32.2 Å². The van der Waals surface area contributed by atoms with Gasteiger partial charge in [-0.3, -0.25) is 4.79 Å². The average molecular weight is 187 g/mol. The van der Waals surface area contributed by atoms with Crippen LogP contribution in [0, 0.1) is 10.8 Å². The molecule has 0 atom stereocenters. The number of carbonyl (C=O) groups excluding carboxylic acids is 1. The molecule has 0 saturated heterocycles. The molecule has 0 fully saturated rings. The van der Waals surface area contributed by atoms with Gasteiger partial charge in [0, 0.05) is 0 Å². The highest BCUT2D eigenvalue weighted by Gasteiger charge is 2.34. The molecule has 0 bridgehead atoms. The Balaban J connectivity index is 4.41. The first-order valence-electron chi connectivity index (χ1n) is 4.54. The lowest BCUT2D eigenvalue weighted by molar-refractivity contribution is -0.152. The van der Waals surface area contributed by atoms with Gasteiger partial charge in [0.1, 0.15) is 0 Å². The van der Waals surface area contributed by atoms with Crippen LogP contribution in [0.2, 0.25) is 0 Å². The molecule has 0 rings (SSSR count). The van der Waals surface area contributed by atoms with Gasteiger partial charge in [-0.1, -0.05) is 13.8 Å². The number of rotatable bonds is 4. The standard InChI is InChI=1S/C10H21NO2/c1-9(2,7-11)6-10(3,4)8(12)13-5/h6-7,11H2,1-5H3. The Morgan fingerprint density at radius 2 is 1.77 bits per heavy atom. The number of esters is 1. The van der Waals surface area contributed by atoms with Crippen LogP contribution < -0.4 is 5.73 Å². The lowest BCUT2D eigenvalue weighted by Crippen LogP contribution is -2.35. The number of hydrogen-bond acceptors (Lipinski definition) is 3. The summed E-state index contributed by atoms with van der Waals surface area (Å²) in [6.45, 7) is 8.45. The molecule has 0 unspecified atom stereocenters. The lowest BCUT2D eigenvalue weighted by Gasteiger charge is -2.31. The number of carbonyl (C=O) groups is 1. The fourth-order valence-electron chi connectivity index (χ4n) is 1.62. The summed E-state index contributed by atoms with van der Waals surface area (Å²) in [5, 5.41) is 0. The maximum atomic E-state index is 11.4. The zero-order valence-corrected chi connectivity index (χ0v) is 9.31. The summed E-state index contributed by atoms with van der Waals surface area (Å²) >= 11 is 0. The van der Waals surface area contributed by atoms with Crippen LogP contribution in [0.3, 0.4) is 0 Å². The Labute approximate surface area is 80.6 Å². The van der Waals surface area contributed by atoms with Crippen LogP contribution in [0.15, 0.2) is 0 Å². The van der Waals surface area contributed by atoms with E-state index in [4.69, 9.17) is 10.5 Å². The molecule has 0 aliphatic heterocycles. The minimum absolute atomic E-state index is 0.0162. The van der Waals surface area contributed by atoms with Crippen LogP contribution in [0.25, 0.3) is 0 Å². The molecular weight excluding hydrogens is 166 g/mol. The summed E-state index contributed by atoms with van der Waals surface area (Å²) in [4.78, 5) is 11.4. The third-order valence-electron chi connectivity index (χ3n) is 2.21. The molecule has 0 aliphatic carbocycles. The summed E-state index contributed by atoms with van der Waals surface area (Å²) in [5.74, 6) is -0.172. The molecule has 0 aliphatic rings. The van der Waals surface area contributed by atoms with E-state index in [1.54, 1.807) is 0 Å². The first-order chi connectivity index (χ1) is 5.75. The smallest absolute Gasteiger partial charge is 0.311 e. The van der Waals surface area contributed by atoms with Gasteiger partial charge in [-0.15, -0.1) is 0 Å². The Bertz CT molecular complexity index is 185. The molecule has 0 heterocycles. The molecule has 0 aromatic carbocycles. The summed E-state index contributed by atoms with van der Waals surface area (Å²) in [7, 11) is 1.42. The quantitative estimate of drug-likeness (QED) is 0.679. The van der Waals surface area contributed by atoms with Crippen molar-refractivity contribution in [3.63, 3.8) is 0 Å². The number of nitrogens with two attached hydrogens (primary N) is 1. The van der Waals surface area contributed by atoms with Crippen LogP contribution in [0.5, 0.6) is 0 Å². The van der Waals surface area contributed by atoms with Crippen LogP contribution >= 0.6 is 0 Å². The van der Waals surface area contributed by atoms with Gasteiger partial charge in [-0.2, -0.15) is 0 Å². The van der Waals surface area contributed by atoms with Crippen LogP contribution in [0.4, 0.5) is 0 Å². The van der Waals surface area contributed by atoms with Gasteiger partial charge in [0.05, 0.1) is 12.5 Å². The average Bonchev–Trinajstić information content (AvgIpc) is 2.01. The molecule has 0 spiro atoms. The van der Waals surface area contributed by atoms with Gasteiger partial charge in [0.2, 0.25) is 0 Å². The van der Waals surface area contributed by atoms with Crippen molar-refractivity contribution >= 4 is 5.97 Å². The summed E-state index contributed by atoms with van der Waals surface area (Å²) < 4.78 is 4.73. The Morgan fingerprint density at radius 1 is 1.31 bits per heavy atom. The monoisotopic (exact) mass is 187 g/mol. The van der Waals surface area contributed by atoms with E-state index in [1.165, 1.54) is 7.11 Å². The predicted molar refractivity (Wildman–Crippen MR) is 53.2 cm³/mol. The van der Waals surface area contributed by atoms with Gasteiger partial charge in [0.15, 0.2) is 0 Å². The highest BCUT2D eigenvalue weighted by molar-refractivity contribution is 5.75. The Morgan fingerprint density at radius 3 is 2.08 bits per heavy atom. The first kappa shape index (κ1) is 12.4. The normalized spacial score (nSPS) is 12.8. The van der Waals surface area contributed by atoms with Crippen molar-refractivity contribution in [2.75, 3.05) is 13.7 Å². The van der Waals surface area contributed by atoms with Crippen LogP contribution in [0.1, 0.15) is 34.1 Å². The summed E-state index contributed by atoms with van der Waals surface area (Å²) in [6, 6.07) is 0. The highest BCUT2D eigenvalue weighted by Crippen LogP contribution is 2.33. The van der Waals surface area contributed by atoms with Crippen LogP contribution in [-0.2, 0) is 9.53 Å². The van der Waals surface area contributed by atoms with Crippen molar-refractivity contribution in [3.8, 4) is 0 Å². The van der Waals surface area contributed by atoms with E-state index in [-0.39, 0.29) is 11.4 Å².